The Morgan fingerprint density at radius 1 is 1.03 bits per heavy atom. The highest BCUT2D eigenvalue weighted by Crippen LogP contribution is 2.28. The van der Waals surface area contributed by atoms with E-state index in [4.69, 9.17) is 9.97 Å². The number of aromatic nitrogens is 4. The molecular formula is C25H28N6. The summed E-state index contributed by atoms with van der Waals surface area (Å²) in [6.45, 7) is 7.27. The maximum absolute atomic E-state index is 4.91. The summed E-state index contributed by atoms with van der Waals surface area (Å²) in [5.41, 5.74) is 5.83. The second-order valence-electron chi connectivity index (χ2n) is 8.44. The van der Waals surface area contributed by atoms with Crippen LogP contribution in [0.3, 0.4) is 0 Å². The van der Waals surface area contributed by atoms with Crippen LogP contribution in [0.2, 0.25) is 0 Å². The van der Waals surface area contributed by atoms with Crippen LogP contribution in [0.1, 0.15) is 41.4 Å². The number of rotatable bonds is 5. The molecule has 1 saturated heterocycles. The van der Waals surface area contributed by atoms with Gasteiger partial charge in [-0.3, -0.25) is 4.90 Å². The number of fused-ring (bicyclic) bond motifs is 1. The van der Waals surface area contributed by atoms with E-state index in [0.29, 0.717) is 5.92 Å². The third-order valence-corrected chi connectivity index (χ3v) is 6.07. The predicted molar refractivity (Wildman–Crippen MR) is 124 cm³/mol. The first-order valence-corrected chi connectivity index (χ1v) is 11.0. The van der Waals surface area contributed by atoms with Crippen LogP contribution in [0.4, 0.5) is 11.6 Å². The summed E-state index contributed by atoms with van der Waals surface area (Å²) in [5, 5.41) is 3.32. The van der Waals surface area contributed by atoms with Crippen molar-refractivity contribution in [2.75, 3.05) is 18.4 Å². The lowest BCUT2D eigenvalue weighted by Gasteiger charge is -2.32. The molecule has 1 N–H and O–H groups in total. The van der Waals surface area contributed by atoms with Crippen LogP contribution < -0.4 is 5.32 Å². The lowest BCUT2D eigenvalue weighted by atomic mass is 9.94. The molecule has 5 heterocycles. The van der Waals surface area contributed by atoms with Gasteiger partial charge in [-0.05, 0) is 75.2 Å². The summed E-state index contributed by atoms with van der Waals surface area (Å²) in [7, 11) is 0. The largest absolute Gasteiger partial charge is 0.325 e. The Bertz CT molecular complexity index is 1180. The summed E-state index contributed by atoms with van der Waals surface area (Å²) in [6, 6.07) is 16.4. The fraction of sp³-hybridized carbons (Fsp3) is 0.320. The SMILES string of the molecule is Cc1ccn2c(CN3CCCC(c4cccc(Nc5ccccn5)n4)C3)c(C)nc2c1. The molecule has 1 atom stereocenters. The molecule has 158 valence electrons. The first-order chi connectivity index (χ1) is 15.2. The van der Waals surface area contributed by atoms with Crippen LogP contribution >= 0.6 is 0 Å². The molecule has 5 rings (SSSR count). The Kier molecular flexibility index (Phi) is 5.38. The van der Waals surface area contributed by atoms with E-state index in [9.17, 15) is 0 Å². The second-order valence-corrected chi connectivity index (χ2v) is 8.44. The van der Waals surface area contributed by atoms with Crippen molar-refractivity contribution in [2.45, 2.75) is 39.2 Å². The molecular weight excluding hydrogens is 384 g/mol. The third-order valence-electron chi connectivity index (χ3n) is 6.07. The minimum atomic E-state index is 0.431. The third kappa shape index (κ3) is 4.30. The molecule has 4 aromatic heterocycles. The molecule has 0 aromatic carbocycles. The van der Waals surface area contributed by atoms with Gasteiger partial charge in [-0.15, -0.1) is 0 Å². The summed E-state index contributed by atoms with van der Waals surface area (Å²) in [5.74, 6) is 2.10. The van der Waals surface area contributed by atoms with Crippen LogP contribution in [-0.2, 0) is 6.54 Å². The Labute approximate surface area is 183 Å². The van der Waals surface area contributed by atoms with E-state index in [0.717, 1.165) is 48.3 Å². The van der Waals surface area contributed by atoms with Gasteiger partial charge in [0.15, 0.2) is 0 Å². The molecule has 0 saturated carbocycles. The van der Waals surface area contributed by atoms with E-state index in [1.165, 1.54) is 24.1 Å². The lowest BCUT2D eigenvalue weighted by molar-refractivity contribution is 0.195. The molecule has 1 aliphatic rings. The maximum atomic E-state index is 4.91. The highest BCUT2D eigenvalue weighted by molar-refractivity contribution is 5.51. The van der Waals surface area contributed by atoms with Crippen LogP contribution in [-0.4, -0.2) is 37.3 Å². The Morgan fingerprint density at radius 2 is 1.94 bits per heavy atom. The Morgan fingerprint density at radius 3 is 2.81 bits per heavy atom. The first-order valence-electron chi connectivity index (χ1n) is 11.0. The number of hydrogen-bond donors (Lipinski definition) is 1. The van der Waals surface area contributed by atoms with Gasteiger partial charge in [0.25, 0.3) is 0 Å². The van der Waals surface area contributed by atoms with E-state index >= 15 is 0 Å². The number of imidazole rings is 1. The zero-order valence-electron chi connectivity index (χ0n) is 18.1. The van der Waals surface area contributed by atoms with Crippen molar-refractivity contribution in [2.24, 2.45) is 0 Å². The number of pyridine rings is 3. The Balaban J connectivity index is 1.32. The molecule has 1 unspecified atom stereocenters. The first kappa shape index (κ1) is 19.7. The van der Waals surface area contributed by atoms with Gasteiger partial charge in [0.2, 0.25) is 0 Å². The van der Waals surface area contributed by atoms with Gasteiger partial charge < -0.3 is 9.72 Å². The molecule has 31 heavy (non-hydrogen) atoms. The standard InChI is InChI=1S/C25H28N6/c1-18-11-14-31-22(19(2)27-25(31)15-18)17-30-13-6-7-20(16-30)21-8-5-10-24(28-21)29-23-9-3-4-12-26-23/h3-5,8-12,14-15,20H,6-7,13,16-17H2,1-2H3,(H,26,28,29). The molecule has 6 nitrogen and oxygen atoms in total. The predicted octanol–water partition coefficient (Wildman–Crippen LogP) is 4.86. The van der Waals surface area contributed by atoms with E-state index in [1.54, 1.807) is 6.20 Å². The van der Waals surface area contributed by atoms with Crippen molar-refractivity contribution < 1.29 is 0 Å². The number of likely N-dealkylation sites (tertiary alicyclic amines) is 1. The molecule has 4 aromatic rings. The number of anilines is 2. The Hall–Kier alpha value is -3.25. The number of hydrogen-bond acceptors (Lipinski definition) is 5. The molecule has 0 radical (unpaired) electrons. The summed E-state index contributed by atoms with van der Waals surface area (Å²) >= 11 is 0. The van der Waals surface area contributed by atoms with Crippen LogP contribution in [0.5, 0.6) is 0 Å². The van der Waals surface area contributed by atoms with Gasteiger partial charge >= 0.3 is 0 Å². The summed E-state index contributed by atoms with van der Waals surface area (Å²) in [6.07, 6.45) is 6.28. The highest BCUT2D eigenvalue weighted by atomic mass is 15.2. The summed E-state index contributed by atoms with van der Waals surface area (Å²) in [4.78, 5) is 16.6. The van der Waals surface area contributed by atoms with Gasteiger partial charge in [-0.1, -0.05) is 12.1 Å². The molecule has 0 aliphatic carbocycles. The topological polar surface area (TPSA) is 58.4 Å². The molecule has 1 aliphatic heterocycles. The quantitative estimate of drug-likeness (QED) is 0.507. The van der Waals surface area contributed by atoms with Gasteiger partial charge in [0.1, 0.15) is 17.3 Å². The van der Waals surface area contributed by atoms with Gasteiger partial charge in [0.05, 0.1) is 11.4 Å². The number of nitrogens with one attached hydrogen (secondary N) is 1. The molecule has 0 spiro atoms. The fourth-order valence-corrected chi connectivity index (χ4v) is 4.47. The number of aryl methyl sites for hydroxylation is 2. The zero-order chi connectivity index (χ0) is 21.2. The maximum Gasteiger partial charge on any atom is 0.137 e. The van der Waals surface area contributed by atoms with Gasteiger partial charge in [0, 0.05) is 37.1 Å². The monoisotopic (exact) mass is 412 g/mol. The van der Waals surface area contributed by atoms with Crippen molar-refractivity contribution in [1.29, 1.82) is 0 Å². The average molecular weight is 413 g/mol. The smallest absolute Gasteiger partial charge is 0.137 e. The van der Waals surface area contributed by atoms with E-state index in [-0.39, 0.29) is 0 Å². The van der Waals surface area contributed by atoms with Gasteiger partial charge in [-0.2, -0.15) is 0 Å². The molecule has 0 bridgehead atoms. The van der Waals surface area contributed by atoms with Crippen LogP contribution in [0.15, 0.2) is 60.9 Å². The lowest BCUT2D eigenvalue weighted by Crippen LogP contribution is -2.34. The van der Waals surface area contributed by atoms with E-state index < -0.39 is 0 Å². The van der Waals surface area contributed by atoms with Gasteiger partial charge in [-0.25, -0.2) is 15.0 Å². The summed E-state index contributed by atoms with van der Waals surface area (Å²) < 4.78 is 2.24. The van der Waals surface area contributed by atoms with Crippen molar-refractivity contribution in [3.8, 4) is 0 Å². The molecule has 6 heteroatoms. The second kappa shape index (κ2) is 8.47. The van der Waals surface area contributed by atoms with Crippen molar-refractivity contribution in [1.82, 2.24) is 24.3 Å². The highest BCUT2D eigenvalue weighted by Gasteiger charge is 2.24. The van der Waals surface area contributed by atoms with Crippen LogP contribution in [0.25, 0.3) is 5.65 Å². The average Bonchev–Trinajstić information content (AvgIpc) is 3.09. The van der Waals surface area contributed by atoms with Crippen molar-refractivity contribution in [3.63, 3.8) is 0 Å². The molecule has 1 fully saturated rings. The van der Waals surface area contributed by atoms with Crippen LogP contribution in [0, 0.1) is 13.8 Å². The normalized spacial score (nSPS) is 17.2. The minimum absolute atomic E-state index is 0.431. The number of nitrogens with zero attached hydrogens (tertiary/aromatic N) is 5. The van der Waals surface area contributed by atoms with E-state index in [2.05, 4.69) is 63.9 Å². The fourth-order valence-electron chi connectivity index (χ4n) is 4.47. The van der Waals surface area contributed by atoms with Crippen molar-refractivity contribution >= 4 is 17.3 Å². The molecule has 0 amide bonds. The van der Waals surface area contributed by atoms with Crippen molar-refractivity contribution in [3.05, 3.63) is 83.6 Å². The zero-order valence-corrected chi connectivity index (χ0v) is 18.1. The number of piperidine rings is 1. The van der Waals surface area contributed by atoms with E-state index in [1.807, 2.05) is 24.3 Å². The minimum Gasteiger partial charge on any atom is -0.325 e.